The fraction of sp³-hybridized carbons (Fsp3) is 0.500. The molecule has 1 aliphatic heterocycles. The molecule has 1 N–H and O–H groups in total. The molecular weight excluding hydrogens is 174 g/mol. The first-order valence-corrected chi connectivity index (χ1v) is 5.38. The second-order valence-electron chi connectivity index (χ2n) is 3.82. The van der Waals surface area contributed by atoms with Crippen LogP contribution in [0.1, 0.15) is 25.3 Å². The maximum absolute atomic E-state index is 9.73. The molecule has 0 bridgehead atoms. The number of phenolic OH excluding ortho intramolecular Hbond substituents is 1. The van der Waals surface area contributed by atoms with Crippen LogP contribution in [0, 0.1) is 0 Å². The second-order valence-corrected chi connectivity index (χ2v) is 3.82. The average molecular weight is 191 g/mol. The van der Waals surface area contributed by atoms with E-state index in [1.807, 2.05) is 6.07 Å². The number of aromatic hydroxyl groups is 1. The highest BCUT2D eigenvalue weighted by Gasteiger charge is 2.16. The molecule has 76 valence electrons. The van der Waals surface area contributed by atoms with Crippen LogP contribution >= 0.6 is 0 Å². The predicted molar refractivity (Wildman–Crippen MR) is 58.9 cm³/mol. The van der Waals surface area contributed by atoms with Crippen molar-refractivity contribution in [2.75, 3.05) is 18.0 Å². The molecule has 1 heterocycles. The van der Waals surface area contributed by atoms with Gasteiger partial charge in [0.2, 0.25) is 0 Å². The third-order valence-corrected chi connectivity index (χ3v) is 2.93. The van der Waals surface area contributed by atoms with Gasteiger partial charge >= 0.3 is 0 Å². The summed E-state index contributed by atoms with van der Waals surface area (Å²) < 4.78 is 0. The highest BCUT2D eigenvalue weighted by molar-refractivity contribution is 5.59. The van der Waals surface area contributed by atoms with E-state index in [4.69, 9.17) is 0 Å². The Labute approximate surface area is 85.2 Å². The van der Waals surface area contributed by atoms with Gasteiger partial charge < -0.3 is 10.0 Å². The Kier molecular flexibility index (Phi) is 2.62. The molecule has 14 heavy (non-hydrogen) atoms. The molecule has 2 heteroatoms. The Bertz CT molecular complexity index is 316. The standard InChI is InChI=1S/C12H17NO/c1-2-10-11(6-5-7-12(10)14)13-8-3-4-9-13/h5-7,14H,2-4,8-9H2,1H3. The number of phenols is 1. The number of hydrogen-bond donors (Lipinski definition) is 1. The molecule has 1 fully saturated rings. The molecule has 0 aromatic heterocycles. The topological polar surface area (TPSA) is 23.5 Å². The Morgan fingerprint density at radius 1 is 1.29 bits per heavy atom. The van der Waals surface area contributed by atoms with E-state index < -0.39 is 0 Å². The van der Waals surface area contributed by atoms with E-state index in [0.717, 1.165) is 25.1 Å². The molecule has 0 spiro atoms. The van der Waals surface area contributed by atoms with E-state index in [1.165, 1.54) is 18.5 Å². The first-order chi connectivity index (χ1) is 6.83. The highest BCUT2D eigenvalue weighted by Crippen LogP contribution is 2.30. The second kappa shape index (κ2) is 3.91. The van der Waals surface area contributed by atoms with E-state index >= 15 is 0 Å². The fourth-order valence-corrected chi connectivity index (χ4v) is 2.18. The minimum atomic E-state index is 0.442. The molecule has 2 rings (SSSR count). The molecule has 1 saturated heterocycles. The molecule has 0 unspecified atom stereocenters. The zero-order chi connectivity index (χ0) is 9.97. The van der Waals surface area contributed by atoms with Crippen molar-refractivity contribution in [2.45, 2.75) is 26.2 Å². The Morgan fingerprint density at radius 2 is 2.00 bits per heavy atom. The molecule has 0 radical (unpaired) electrons. The number of nitrogens with zero attached hydrogens (tertiary/aromatic N) is 1. The SMILES string of the molecule is CCc1c(O)cccc1N1CCCC1. The summed E-state index contributed by atoms with van der Waals surface area (Å²) in [5.74, 6) is 0.442. The summed E-state index contributed by atoms with van der Waals surface area (Å²) in [5, 5.41) is 9.73. The molecular formula is C12H17NO. The highest BCUT2D eigenvalue weighted by atomic mass is 16.3. The predicted octanol–water partition coefficient (Wildman–Crippen LogP) is 2.55. The van der Waals surface area contributed by atoms with Crippen molar-refractivity contribution in [2.24, 2.45) is 0 Å². The van der Waals surface area contributed by atoms with Gasteiger partial charge in [0.05, 0.1) is 0 Å². The summed E-state index contributed by atoms with van der Waals surface area (Å²) in [7, 11) is 0. The van der Waals surface area contributed by atoms with Crippen molar-refractivity contribution in [3.8, 4) is 5.75 Å². The molecule has 0 aliphatic carbocycles. The van der Waals surface area contributed by atoms with E-state index in [9.17, 15) is 5.11 Å². The van der Waals surface area contributed by atoms with Crippen molar-refractivity contribution in [3.05, 3.63) is 23.8 Å². The van der Waals surface area contributed by atoms with Gasteiger partial charge in [0.15, 0.2) is 0 Å². The van der Waals surface area contributed by atoms with Crippen LogP contribution in [0.5, 0.6) is 5.75 Å². The lowest BCUT2D eigenvalue weighted by molar-refractivity contribution is 0.469. The quantitative estimate of drug-likeness (QED) is 0.776. The van der Waals surface area contributed by atoms with E-state index in [0.29, 0.717) is 5.75 Å². The van der Waals surface area contributed by atoms with Crippen LogP contribution in [0.4, 0.5) is 5.69 Å². The Balaban J connectivity index is 2.35. The molecule has 2 nitrogen and oxygen atoms in total. The Morgan fingerprint density at radius 3 is 2.64 bits per heavy atom. The van der Waals surface area contributed by atoms with E-state index in [1.54, 1.807) is 6.07 Å². The summed E-state index contributed by atoms with van der Waals surface area (Å²) in [6, 6.07) is 5.82. The lowest BCUT2D eigenvalue weighted by Gasteiger charge is -2.21. The van der Waals surface area contributed by atoms with Crippen LogP contribution < -0.4 is 4.90 Å². The molecule has 0 amide bonds. The van der Waals surface area contributed by atoms with Crippen LogP contribution in [0.25, 0.3) is 0 Å². The Hall–Kier alpha value is -1.18. The van der Waals surface area contributed by atoms with Gasteiger partial charge in [-0.15, -0.1) is 0 Å². The van der Waals surface area contributed by atoms with Gasteiger partial charge in [0, 0.05) is 24.3 Å². The first-order valence-electron chi connectivity index (χ1n) is 5.38. The molecule has 1 aromatic rings. The average Bonchev–Trinajstić information content (AvgIpc) is 2.70. The molecule has 0 atom stereocenters. The third-order valence-electron chi connectivity index (χ3n) is 2.93. The summed E-state index contributed by atoms with van der Waals surface area (Å²) in [6.07, 6.45) is 3.45. The summed E-state index contributed by atoms with van der Waals surface area (Å²) >= 11 is 0. The largest absolute Gasteiger partial charge is 0.508 e. The van der Waals surface area contributed by atoms with Gasteiger partial charge in [-0.05, 0) is 31.4 Å². The third kappa shape index (κ3) is 1.57. The minimum Gasteiger partial charge on any atom is -0.508 e. The molecule has 1 aliphatic rings. The van der Waals surface area contributed by atoms with Crippen molar-refractivity contribution < 1.29 is 5.11 Å². The van der Waals surface area contributed by atoms with E-state index in [-0.39, 0.29) is 0 Å². The summed E-state index contributed by atoms with van der Waals surface area (Å²) in [6.45, 7) is 4.36. The van der Waals surface area contributed by atoms with Gasteiger partial charge in [-0.25, -0.2) is 0 Å². The number of anilines is 1. The van der Waals surface area contributed by atoms with Crippen molar-refractivity contribution in [1.29, 1.82) is 0 Å². The monoisotopic (exact) mass is 191 g/mol. The van der Waals surface area contributed by atoms with Crippen LogP contribution in [0.3, 0.4) is 0 Å². The van der Waals surface area contributed by atoms with Crippen LogP contribution in [-0.2, 0) is 6.42 Å². The van der Waals surface area contributed by atoms with Crippen molar-refractivity contribution in [1.82, 2.24) is 0 Å². The zero-order valence-electron chi connectivity index (χ0n) is 8.66. The molecule has 1 aromatic carbocycles. The number of rotatable bonds is 2. The normalized spacial score (nSPS) is 16.2. The molecule has 0 saturated carbocycles. The summed E-state index contributed by atoms with van der Waals surface area (Å²) in [4.78, 5) is 2.37. The van der Waals surface area contributed by atoms with Crippen molar-refractivity contribution >= 4 is 5.69 Å². The smallest absolute Gasteiger partial charge is 0.120 e. The van der Waals surface area contributed by atoms with Crippen LogP contribution in [0.15, 0.2) is 18.2 Å². The lowest BCUT2D eigenvalue weighted by Crippen LogP contribution is -2.19. The van der Waals surface area contributed by atoms with Crippen molar-refractivity contribution in [3.63, 3.8) is 0 Å². The van der Waals surface area contributed by atoms with Gasteiger partial charge in [-0.1, -0.05) is 13.0 Å². The maximum Gasteiger partial charge on any atom is 0.120 e. The van der Waals surface area contributed by atoms with Crippen LogP contribution in [-0.4, -0.2) is 18.2 Å². The zero-order valence-corrected chi connectivity index (χ0v) is 8.66. The van der Waals surface area contributed by atoms with Gasteiger partial charge in [-0.2, -0.15) is 0 Å². The maximum atomic E-state index is 9.73. The number of benzene rings is 1. The first kappa shape index (κ1) is 9.38. The number of hydrogen-bond acceptors (Lipinski definition) is 2. The minimum absolute atomic E-state index is 0.442. The fourth-order valence-electron chi connectivity index (χ4n) is 2.18. The van der Waals surface area contributed by atoms with Gasteiger partial charge in [0.1, 0.15) is 5.75 Å². The van der Waals surface area contributed by atoms with Crippen LogP contribution in [0.2, 0.25) is 0 Å². The lowest BCUT2D eigenvalue weighted by atomic mass is 10.1. The van der Waals surface area contributed by atoms with E-state index in [2.05, 4.69) is 17.9 Å². The van der Waals surface area contributed by atoms with Gasteiger partial charge in [0.25, 0.3) is 0 Å². The van der Waals surface area contributed by atoms with Gasteiger partial charge in [-0.3, -0.25) is 0 Å². The summed E-state index contributed by atoms with van der Waals surface area (Å²) in [5.41, 5.74) is 2.32.